The summed E-state index contributed by atoms with van der Waals surface area (Å²) < 4.78 is 6.53. The van der Waals surface area contributed by atoms with Crippen molar-refractivity contribution in [1.29, 1.82) is 5.26 Å². The average molecular weight is 336 g/mol. The summed E-state index contributed by atoms with van der Waals surface area (Å²) in [6.07, 6.45) is 3.08. The summed E-state index contributed by atoms with van der Waals surface area (Å²) in [5, 5.41) is 8.83. The van der Waals surface area contributed by atoms with Gasteiger partial charge in [-0.2, -0.15) is 5.26 Å². The largest absolute Gasteiger partial charge is 0.474 e. The highest BCUT2D eigenvalue weighted by atomic mass is 28.4. The molecule has 4 nitrogen and oxygen atoms in total. The molecule has 1 unspecified atom stereocenters. The van der Waals surface area contributed by atoms with Crippen LogP contribution in [0.1, 0.15) is 32.6 Å². The molecule has 0 aromatic heterocycles. The quantitative estimate of drug-likeness (QED) is 0.401. The fraction of sp³-hybridized carbons (Fsp3) is 0.812. The second-order valence-electron chi connectivity index (χ2n) is 7.17. The van der Waals surface area contributed by atoms with Crippen molar-refractivity contribution in [1.82, 2.24) is 0 Å². The lowest BCUT2D eigenvalue weighted by atomic mass is 10.1. The van der Waals surface area contributed by atoms with E-state index in [2.05, 4.69) is 41.9 Å². The van der Waals surface area contributed by atoms with Crippen LogP contribution in [0, 0.1) is 30.4 Å². The van der Waals surface area contributed by atoms with Crippen LogP contribution in [0.4, 0.5) is 0 Å². The summed E-state index contributed by atoms with van der Waals surface area (Å²) in [4.78, 5) is 6.64. The summed E-state index contributed by atoms with van der Waals surface area (Å²) in [7, 11) is -3.41. The number of hydrogen-bond acceptors (Lipinski definition) is 2. The molecule has 0 fully saturated rings. The smallest absolute Gasteiger partial charge is 0.455 e. The molecule has 1 atom stereocenters. The molecule has 6 heteroatoms. The van der Waals surface area contributed by atoms with Crippen molar-refractivity contribution in [3.63, 3.8) is 0 Å². The Morgan fingerprint density at radius 3 is 1.86 bits per heavy atom. The fourth-order valence-electron chi connectivity index (χ4n) is 2.62. The maximum absolute atomic E-state index is 8.83. The number of rotatable bonds is 10. The first-order valence-corrected chi connectivity index (χ1v) is 14.2. The summed E-state index contributed by atoms with van der Waals surface area (Å²) in [6.45, 7) is 24.9. The van der Waals surface area contributed by atoms with Gasteiger partial charge in [-0.25, -0.2) is 22.8 Å². The average Bonchev–Trinajstić information content (AvgIpc) is 2.41. The summed E-state index contributed by atoms with van der Waals surface area (Å²) in [5.74, 6) is 0.134. The number of hydrogen-bond donors (Lipinski definition) is 0. The first kappa shape index (κ1) is 20.9. The highest BCUT2D eigenvalue weighted by Crippen LogP contribution is 2.26. The Morgan fingerprint density at radius 2 is 1.45 bits per heavy atom. The lowest BCUT2D eigenvalue weighted by Gasteiger charge is -2.34. The van der Waals surface area contributed by atoms with Crippen LogP contribution in [-0.2, 0) is 4.12 Å². The number of nitriles is 1. The molecule has 0 aliphatic heterocycles. The van der Waals surface area contributed by atoms with Crippen LogP contribution in [0.3, 0.4) is 0 Å². The van der Waals surface area contributed by atoms with Crippen LogP contribution < -0.4 is 0 Å². The molecule has 0 heterocycles. The van der Waals surface area contributed by atoms with E-state index in [0.717, 1.165) is 31.4 Å². The lowest BCUT2D eigenvalue weighted by Crippen LogP contribution is -2.44. The molecule has 0 aliphatic carbocycles. The Hall–Kier alpha value is -1.14. The van der Waals surface area contributed by atoms with Crippen LogP contribution in [0.5, 0.6) is 0 Å². The molecule has 0 bridgehead atoms. The molecule has 0 rings (SSSR count). The van der Waals surface area contributed by atoms with Crippen molar-refractivity contribution < 1.29 is 4.12 Å². The summed E-state index contributed by atoms with van der Waals surface area (Å²) in [6, 6.07) is 4.40. The minimum absolute atomic E-state index is 0.134. The summed E-state index contributed by atoms with van der Waals surface area (Å²) in [5.41, 5.74) is 0. The molecule has 0 N–H and O–H groups in total. The second kappa shape index (κ2) is 9.79. The minimum Gasteiger partial charge on any atom is -0.455 e. The SMILES string of the molecule is [C-]#[N+]C(CCC[Si](C)(C)O[Si](C)(C)CCCC(C)C#N)[N+]#[C-]. The third kappa shape index (κ3) is 9.74. The molecular formula is C16H29N3OSi2. The first-order valence-electron chi connectivity index (χ1n) is 7.99. The molecule has 0 amide bonds. The molecule has 0 saturated heterocycles. The molecule has 122 valence electrons. The van der Waals surface area contributed by atoms with Gasteiger partial charge in [0.1, 0.15) is 6.42 Å². The second-order valence-corrected chi connectivity index (χ2v) is 16.0. The molecular weight excluding hydrogens is 306 g/mol. The van der Waals surface area contributed by atoms with Crippen molar-refractivity contribution in [2.45, 2.75) is 77.0 Å². The van der Waals surface area contributed by atoms with Crippen molar-refractivity contribution in [3.8, 4) is 6.07 Å². The third-order valence-corrected chi connectivity index (χ3v) is 11.3. The lowest BCUT2D eigenvalue weighted by molar-refractivity contribution is 0.520. The molecule has 0 saturated carbocycles. The van der Waals surface area contributed by atoms with Crippen LogP contribution in [0.2, 0.25) is 38.3 Å². The molecule has 0 aromatic carbocycles. The molecule has 0 radical (unpaired) electrons. The topological polar surface area (TPSA) is 41.7 Å². The van der Waals surface area contributed by atoms with Crippen LogP contribution in [-0.4, -0.2) is 22.8 Å². The van der Waals surface area contributed by atoms with Gasteiger partial charge in [0.2, 0.25) is 0 Å². The third-order valence-electron chi connectivity index (χ3n) is 3.73. The van der Waals surface area contributed by atoms with E-state index in [-0.39, 0.29) is 5.92 Å². The van der Waals surface area contributed by atoms with E-state index in [4.69, 9.17) is 22.5 Å². The van der Waals surface area contributed by atoms with Gasteiger partial charge >= 0.3 is 6.17 Å². The van der Waals surface area contributed by atoms with Gasteiger partial charge in [-0.1, -0.05) is 6.42 Å². The van der Waals surface area contributed by atoms with Crippen molar-refractivity contribution in [2.75, 3.05) is 0 Å². The Morgan fingerprint density at radius 1 is 1.00 bits per heavy atom. The Balaban J connectivity index is 4.24. The minimum atomic E-state index is -1.73. The van der Waals surface area contributed by atoms with Crippen LogP contribution in [0.25, 0.3) is 9.69 Å². The van der Waals surface area contributed by atoms with E-state index in [1.165, 1.54) is 0 Å². The molecule has 0 spiro atoms. The maximum Gasteiger partial charge on any atom is 0.474 e. The zero-order chi connectivity index (χ0) is 17.2. The Labute approximate surface area is 138 Å². The zero-order valence-corrected chi connectivity index (χ0v) is 16.6. The van der Waals surface area contributed by atoms with Crippen LogP contribution in [0.15, 0.2) is 0 Å². The van der Waals surface area contributed by atoms with Gasteiger partial charge in [-0.15, -0.1) is 0 Å². The van der Waals surface area contributed by atoms with Gasteiger partial charge in [-0.3, -0.25) is 0 Å². The highest BCUT2D eigenvalue weighted by molar-refractivity contribution is 6.84. The molecule has 22 heavy (non-hydrogen) atoms. The first-order chi connectivity index (χ1) is 10.2. The molecule has 0 aliphatic rings. The van der Waals surface area contributed by atoms with E-state index in [9.17, 15) is 0 Å². The van der Waals surface area contributed by atoms with Gasteiger partial charge in [0.25, 0.3) is 0 Å². The Kier molecular flexibility index (Phi) is 9.29. The Bertz CT molecular complexity index is 443. The van der Waals surface area contributed by atoms with E-state index in [0.29, 0.717) is 6.42 Å². The van der Waals surface area contributed by atoms with Crippen molar-refractivity contribution in [2.24, 2.45) is 5.92 Å². The standard InChI is InChI=1S/C16H29N3OSi2/c1-15(14-17)10-8-12-21(4,5)20-22(6,7)13-9-11-16(18-2)19-3/h15-16H,8-13H2,1,4-7H3. The van der Waals surface area contributed by atoms with Crippen molar-refractivity contribution in [3.05, 3.63) is 22.8 Å². The maximum atomic E-state index is 8.83. The fourth-order valence-corrected chi connectivity index (χ4v) is 11.5. The summed E-state index contributed by atoms with van der Waals surface area (Å²) >= 11 is 0. The van der Waals surface area contributed by atoms with Gasteiger partial charge in [0.15, 0.2) is 16.6 Å². The van der Waals surface area contributed by atoms with Crippen LogP contribution >= 0.6 is 0 Å². The van der Waals surface area contributed by atoms with Gasteiger partial charge < -0.3 is 4.12 Å². The highest BCUT2D eigenvalue weighted by Gasteiger charge is 2.33. The van der Waals surface area contributed by atoms with E-state index in [1.54, 1.807) is 0 Å². The number of nitrogens with zero attached hydrogens (tertiary/aromatic N) is 3. The molecule has 0 aromatic rings. The predicted octanol–water partition coefficient (Wildman–Crippen LogP) is 5.30. The van der Waals surface area contributed by atoms with E-state index < -0.39 is 22.8 Å². The van der Waals surface area contributed by atoms with Crippen molar-refractivity contribution >= 4 is 16.6 Å². The van der Waals surface area contributed by atoms with Gasteiger partial charge in [0.05, 0.1) is 6.07 Å². The predicted molar refractivity (Wildman–Crippen MR) is 95.9 cm³/mol. The normalized spacial score (nSPS) is 13.2. The van der Waals surface area contributed by atoms with E-state index >= 15 is 0 Å². The van der Waals surface area contributed by atoms with Gasteiger partial charge in [-0.05, 0) is 58.0 Å². The zero-order valence-electron chi connectivity index (χ0n) is 14.6. The van der Waals surface area contributed by atoms with E-state index in [1.807, 2.05) is 6.92 Å². The van der Waals surface area contributed by atoms with Gasteiger partial charge in [0, 0.05) is 5.92 Å². The monoisotopic (exact) mass is 335 g/mol.